The van der Waals surface area contributed by atoms with Crippen molar-refractivity contribution in [1.29, 1.82) is 0 Å². The van der Waals surface area contributed by atoms with E-state index in [4.69, 9.17) is 9.47 Å². The smallest absolute Gasteiger partial charge is 0.416 e. The highest BCUT2D eigenvalue weighted by Crippen LogP contribution is 2.33. The highest BCUT2D eigenvalue weighted by Gasteiger charge is 2.31. The van der Waals surface area contributed by atoms with Gasteiger partial charge in [-0.15, -0.1) is 15.0 Å². The second-order valence-electron chi connectivity index (χ2n) is 6.35. The van der Waals surface area contributed by atoms with E-state index in [2.05, 4.69) is 16.8 Å². The van der Waals surface area contributed by atoms with E-state index in [1.165, 1.54) is 25.3 Å². The Hall–Kier alpha value is -3.11. The summed E-state index contributed by atoms with van der Waals surface area (Å²) >= 11 is 0. The van der Waals surface area contributed by atoms with Crippen LogP contribution < -0.4 is 4.74 Å². The number of halogens is 3. The molecule has 0 spiro atoms. The first-order valence-electron chi connectivity index (χ1n) is 8.39. The zero-order valence-electron chi connectivity index (χ0n) is 15.6. The van der Waals surface area contributed by atoms with Gasteiger partial charge in [0.1, 0.15) is 28.2 Å². The number of ether oxygens (including phenoxy) is 2. The molecule has 10 heteroatoms. The first kappa shape index (κ1) is 20.6. The lowest BCUT2D eigenvalue weighted by Gasteiger charge is -2.15. The maximum atomic E-state index is 12.9. The molecule has 2 aromatic carbocycles. The molecule has 0 saturated carbocycles. The number of methoxy groups -OCH3 is 1. The van der Waals surface area contributed by atoms with Crippen molar-refractivity contribution in [2.75, 3.05) is 7.11 Å². The predicted octanol–water partition coefficient (Wildman–Crippen LogP) is 3.56. The monoisotopic (exact) mass is 409 g/mol. The van der Waals surface area contributed by atoms with Crippen molar-refractivity contribution in [2.24, 2.45) is 0 Å². The second-order valence-corrected chi connectivity index (χ2v) is 6.35. The Kier molecular flexibility index (Phi) is 5.49. The molecule has 3 aromatic rings. The van der Waals surface area contributed by atoms with Gasteiger partial charge in [0, 0.05) is 11.6 Å². The zero-order valence-corrected chi connectivity index (χ0v) is 15.6. The Morgan fingerprint density at radius 2 is 1.90 bits per heavy atom. The van der Waals surface area contributed by atoms with Crippen molar-refractivity contribution < 1.29 is 32.9 Å². The predicted molar refractivity (Wildman–Crippen MR) is 97.7 cm³/mol. The Morgan fingerprint density at radius 1 is 1.21 bits per heavy atom. The van der Waals surface area contributed by atoms with E-state index in [-0.39, 0.29) is 34.6 Å². The van der Waals surface area contributed by atoms with E-state index >= 15 is 0 Å². The van der Waals surface area contributed by atoms with E-state index in [9.17, 15) is 23.4 Å². The third-order valence-electron chi connectivity index (χ3n) is 4.12. The van der Waals surface area contributed by atoms with Gasteiger partial charge in [-0.1, -0.05) is 6.58 Å². The molecule has 0 radical (unpaired) electrons. The number of aliphatic hydroxyl groups is 1. The molecule has 1 aromatic heterocycles. The standard InChI is InChI=1S/C19H18F3N3O4/c1-10(2)18(27)29-9-11-6-13(28-3)8-16(17(11)26)25-23-14-5-4-12(19(20,21)22)7-15(14)24-25/h4-8,18,26-27H,1,9H2,2-3H3. The molecule has 0 bridgehead atoms. The molecule has 1 unspecified atom stereocenters. The number of phenolic OH excluding ortho intramolecular Hbond substituents is 1. The quantitative estimate of drug-likeness (QED) is 0.478. The molecule has 0 aliphatic carbocycles. The van der Waals surface area contributed by atoms with Crippen LogP contribution in [0.3, 0.4) is 0 Å². The van der Waals surface area contributed by atoms with Gasteiger partial charge < -0.3 is 19.7 Å². The minimum Gasteiger partial charge on any atom is -0.505 e. The van der Waals surface area contributed by atoms with Gasteiger partial charge in [0.2, 0.25) is 0 Å². The summed E-state index contributed by atoms with van der Waals surface area (Å²) in [6.07, 6.45) is -5.74. The van der Waals surface area contributed by atoms with Gasteiger partial charge >= 0.3 is 6.18 Å². The molecule has 0 aliphatic heterocycles. The Balaban J connectivity index is 2.03. The summed E-state index contributed by atoms with van der Waals surface area (Å²) in [4.78, 5) is 1.02. The molecule has 2 N–H and O–H groups in total. The van der Waals surface area contributed by atoms with E-state index in [0.717, 1.165) is 16.9 Å². The molecule has 0 aliphatic rings. The lowest BCUT2D eigenvalue weighted by atomic mass is 10.1. The van der Waals surface area contributed by atoms with Crippen molar-refractivity contribution in [1.82, 2.24) is 15.0 Å². The summed E-state index contributed by atoms with van der Waals surface area (Å²) in [5.41, 5.74) is 0.102. The number of rotatable bonds is 6. The minimum atomic E-state index is -4.51. The SMILES string of the molecule is C=C(C)C(O)OCc1cc(OC)cc(-n2nc3ccc(C(F)(F)F)cc3n2)c1O. The van der Waals surface area contributed by atoms with Crippen molar-refractivity contribution in [3.05, 3.63) is 53.6 Å². The number of hydrogen-bond donors (Lipinski definition) is 2. The van der Waals surface area contributed by atoms with Crippen LogP contribution in [-0.2, 0) is 17.5 Å². The maximum absolute atomic E-state index is 12.9. The minimum absolute atomic E-state index is 0.0116. The first-order chi connectivity index (χ1) is 13.6. The van der Waals surface area contributed by atoms with Gasteiger partial charge in [-0.25, -0.2) is 0 Å². The number of nitrogens with zero attached hydrogens (tertiary/aromatic N) is 3. The molecule has 1 atom stereocenters. The van der Waals surface area contributed by atoms with E-state index in [0.29, 0.717) is 11.3 Å². The fourth-order valence-corrected chi connectivity index (χ4v) is 2.54. The van der Waals surface area contributed by atoms with Crippen LogP contribution in [0.25, 0.3) is 16.7 Å². The average molecular weight is 409 g/mol. The van der Waals surface area contributed by atoms with Gasteiger partial charge in [0.25, 0.3) is 0 Å². The summed E-state index contributed by atoms with van der Waals surface area (Å²) < 4.78 is 49.2. The number of fused-ring (bicyclic) bond motifs is 1. The highest BCUT2D eigenvalue weighted by molar-refractivity contribution is 5.75. The summed E-state index contributed by atoms with van der Waals surface area (Å²) in [5.74, 6) is 0.0645. The Labute approximate surface area is 163 Å². The molecular formula is C19H18F3N3O4. The van der Waals surface area contributed by atoms with Gasteiger partial charge in [0.05, 0.1) is 19.3 Å². The molecule has 0 saturated heterocycles. The van der Waals surface area contributed by atoms with Gasteiger partial charge in [-0.2, -0.15) is 13.2 Å². The van der Waals surface area contributed by atoms with Crippen molar-refractivity contribution in [3.8, 4) is 17.2 Å². The number of benzene rings is 2. The van der Waals surface area contributed by atoms with E-state index < -0.39 is 18.0 Å². The van der Waals surface area contributed by atoms with Crippen LogP contribution in [0.2, 0.25) is 0 Å². The molecule has 0 amide bonds. The number of phenols is 1. The van der Waals surface area contributed by atoms with Crippen LogP contribution >= 0.6 is 0 Å². The maximum Gasteiger partial charge on any atom is 0.416 e. The third kappa shape index (κ3) is 4.33. The van der Waals surface area contributed by atoms with Crippen molar-refractivity contribution in [2.45, 2.75) is 26.0 Å². The van der Waals surface area contributed by atoms with Crippen LogP contribution in [0.1, 0.15) is 18.1 Å². The molecular weight excluding hydrogens is 391 g/mol. The van der Waals surface area contributed by atoms with E-state index in [1.54, 1.807) is 6.92 Å². The molecule has 0 fully saturated rings. The number of hydrogen-bond acceptors (Lipinski definition) is 6. The summed E-state index contributed by atoms with van der Waals surface area (Å²) in [6.45, 7) is 4.97. The van der Waals surface area contributed by atoms with Crippen LogP contribution in [-0.4, -0.2) is 38.6 Å². The molecule has 154 valence electrons. The van der Waals surface area contributed by atoms with E-state index in [1.807, 2.05) is 0 Å². The Morgan fingerprint density at radius 3 is 2.52 bits per heavy atom. The molecule has 3 rings (SSSR count). The lowest BCUT2D eigenvalue weighted by Crippen LogP contribution is -2.13. The number of aromatic hydroxyl groups is 1. The zero-order chi connectivity index (χ0) is 21.3. The van der Waals surface area contributed by atoms with Crippen LogP contribution in [0.4, 0.5) is 13.2 Å². The van der Waals surface area contributed by atoms with Crippen LogP contribution in [0.15, 0.2) is 42.5 Å². The van der Waals surface area contributed by atoms with Gasteiger partial charge in [-0.3, -0.25) is 0 Å². The van der Waals surface area contributed by atoms with Gasteiger partial charge in [-0.05, 0) is 36.8 Å². The fourth-order valence-electron chi connectivity index (χ4n) is 2.54. The molecule has 29 heavy (non-hydrogen) atoms. The Bertz CT molecular complexity index is 1060. The van der Waals surface area contributed by atoms with Gasteiger partial charge in [0.15, 0.2) is 6.29 Å². The normalized spacial score (nSPS) is 12.9. The fraction of sp³-hybridized carbons (Fsp3) is 0.263. The second kappa shape index (κ2) is 7.72. The lowest BCUT2D eigenvalue weighted by molar-refractivity contribution is -0.137. The average Bonchev–Trinajstić information content (AvgIpc) is 3.09. The topological polar surface area (TPSA) is 89.6 Å². The van der Waals surface area contributed by atoms with Crippen LogP contribution in [0, 0.1) is 0 Å². The third-order valence-corrected chi connectivity index (χ3v) is 4.12. The molecule has 7 nitrogen and oxygen atoms in total. The summed E-state index contributed by atoms with van der Waals surface area (Å²) in [6, 6.07) is 5.91. The number of aromatic nitrogens is 3. The summed E-state index contributed by atoms with van der Waals surface area (Å²) in [7, 11) is 1.41. The van der Waals surface area contributed by atoms with Crippen molar-refractivity contribution >= 4 is 11.0 Å². The highest BCUT2D eigenvalue weighted by atomic mass is 19.4. The largest absolute Gasteiger partial charge is 0.505 e. The summed E-state index contributed by atoms with van der Waals surface area (Å²) in [5, 5.41) is 28.5. The number of alkyl halides is 3. The van der Waals surface area contributed by atoms with Crippen molar-refractivity contribution in [3.63, 3.8) is 0 Å². The molecule has 1 heterocycles. The number of aliphatic hydroxyl groups excluding tert-OH is 1. The first-order valence-corrected chi connectivity index (χ1v) is 8.39. The van der Waals surface area contributed by atoms with Crippen LogP contribution in [0.5, 0.6) is 11.5 Å².